The van der Waals surface area contributed by atoms with Crippen LogP contribution in [0.3, 0.4) is 0 Å². The molecule has 7 nitrogen and oxygen atoms in total. The van der Waals surface area contributed by atoms with Gasteiger partial charge in [0.1, 0.15) is 0 Å². The molecule has 0 saturated heterocycles. The Morgan fingerprint density at radius 1 is 0.444 bits per heavy atom. The molecule has 0 atom stereocenters. The van der Waals surface area contributed by atoms with Crippen LogP contribution in [-0.4, -0.2) is 31.9 Å². The van der Waals surface area contributed by atoms with E-state index >= 15 is 0 Å². The lowest BCUT2D eigenvalue weighted by molar-refractivity contribution is 1.11. The topological polar surface area (TPSA) is 70.9 Å². The van der Waals surface area contributed by atoms with Gasteiger partial charge in [0.25, 0.3) is 0 Å². The molecular weight excluding hydrogens is 553 g/mol. The van der Waals surface area contributed by atoms with Crippen molar-refractivity contribution in [1.82, 2.24) is 24.9 Å². The Hall–Kier alpha value is -6.15. The molecule has 0 fully saturated rings. The lowest BCUT2D eigenvalue weighted by Crippen LogP contribution is -2.62. The number of para-hydroxylation sites is 2. The molecule has 0 aliphatic carbocycles. The maximum atomic E-state index is 5.21. The number of hydrogen-bond acceptors (Lipinski definition) is 7. The summed E-state index contributed by atoms with van der Waals surface area (Å²) in [6.07, 6.45) is 7.76. The largest absolute Gasteiger partial charge is 0.422 e. The first-order valence-corrected chi connectivity index (χ1v) is 14.9. The fourth-order valence-electron chi connectivity index (χ4n) is 6.45. The first kappa shape index (κ1) is 25.4. The van der Waals surface area contributed by atoms with Crippen LogP contribution in [0.5, 0.6) is 0 Å². The molecule has 0 unspecified atom stereocenters. The highest BCUT2D eigenvalue weighted by Crippen LogP contribution is 2.47. The molecule has 0 N–H and O–H groups in total. The van der Waals surface area contributed by atoms with Crippen molar-refractivity contribution in [3.05, 3.63) is 146 Å². The van der Waals surface area contributed by atoms with Gasteiger partial charge in [0, 0.05) is 46.0 Å². The van der Waals surface area contributed by atoms with Crippen LogP contribution in [0.4, 0.5) is 22.7 Å². The van der Waals surface area contributed by atoms with Gasteiger partial charge < -0.3 is 9.62 Å². The van der Waals surface area contributed by atoms with E-state index in [1.54, 1.807) is 0 Å². The number of pyridine rings is 1. The van der Waals surface area contributed by atoms with Crippen molar-refractivity contribution in [3.8, 4) is 45.3 Å². The third-order valence-electron chi connectivity index (χ3n) is 8.44. The van der Waals surface area contributed by atoms with Crippen molar-refractivity contribution in [1.29, 1.82) is 0 Å². The summed E-state index contributed by atoms with van der Waals surface area (Å²) in [6.45, 7) is -0.278. The van der Waals surface area contributed by atoms with Gasteiger partial charge in [0.05, 0.1) is 35.2 Å². The van der Waals surface area contributed by atoms with E-state index in [1.807, 2.05) is 97.6 Å². The Labute approximate surface area is 260 Å². The van der Waals surface area contributed by atoms with Gasteiger partial charge in [0.2, 0.25) is 0 Å². The van der Waals surface area contributed by atoms with Gasteiger partial charge in [-0.15, -0.1) is 0 Å². The molecule has 4 aromatic carbocycles. The summed E-state index contributed by atoms with van der Waals surface area (Å²) < 4.78 is 0. The van der Waals surface area contributed by atoms with Crippen molar-refractivity contribution < 1.29 is 0 Å². The summed E-state index contributed by atoms with van der Waals surface area (Å²) in [5.74, 6) is 1.34. The van der Waals surface area contributed by atoms with E-state index in [9.17, 15) is 0 Å². The quantitative estimate of drug-likeness (QED) is 0.203. The number of anilines is 4. The lowest BCUT2D eigenvalue weighted by atomic mass is 9.55. The predicted octanol–water partition coefficient (Wildman–Crippen LogP) is 7.33. The van der Waals surface area contributed by atoms with E-state index in [4.69, 9.17) is 24.9 Å². The number of hydrogen-bond donors (Lipinski definition) is 0. The van der Waals surface area contributed by atoms with Crippen molar-refractivity contribution in [2.75, 3.05) is 9.62 Å². The van der Waals surface area contributed by atoms with E-state index in [2.05, 4.69) is 58.2 Å². The van der Waals surface area contributed by atoms with Crippen LogP contribution < -0.4 is 15.1 Å². The van der Waals surface area contributed by atoms with Crippen molar-refractivity contribution in [2.24, 2.45) is 0 Å². The Bertz CT molecular complexity index is 2030. The van der Waals surface area contributed by atoms with Crippen LogP contribution >= 0.6 is 0 Å². The van der Waals surface area contributed by atoms with Crippen LogP contribution in [-0.2, 0) is 0 Å². The molecule has 0 spiro atoms. The van der Waals surface area contributed by atoms with E-state index in [0.717, 1.165) is 61.9 Å². The number of rotatable bonds is 4. The summed E-state index contributed by atoms with van der Waals surface area (Å²) in [5, 5.41) is 0. The Balaban J connectivity index is 1.36. The molecule has 8 heteroatoms. The fraction of sp³-hybridized carbons (Fsp3) is 0. The highest BCUT2D eigenvalue weighted by molar-refractivity contribution is 6.86. The maximum Gasteiger partial charge on any atom is 0.422 e. The summed E-state index contributed by atoms with van der Waals surface area (Å²) in [6, 6.07) is 41.1. The molecule has 0 saturated carbocycles. The molecule has 210 valence electrons. The van der Waals surface area contributed by atoms with E-state index < -0.39 is 0 Å². The van der Waals surface area contributed by atoms with Crippen molar-refractivity contribution in [2.45, 2.75) is 0 Å². The molecule has 3 aromatic heterocycles. The zero-order valence-corrected chi connectivity index (χ0v) is 24.1. The van der Waals surface area contributed by atoms with Gasteiger partial charge in [-0.3, -0.25) is 4.98 Å². The average Bonchev–Trinajstić information content (AvgIpc) is 3.13. The van der Waals surface area contributed by atoms with Crippen molar-refractivity contribution >= 4 is 35.2 Å². The zero-order valence-electron chi connectivity index (χ0n) is 24.1. The SMILES string of the molecule is c1ccc(-c2ncc3c(n2)-c2cncc4c2B(N3c2ccccc2)N(c2ccccc2)c2cnc(-c3ccccc3)nc2-4)cc1. The zero-order chi connectivity index (χ0) is 29.7. The normalized spacial score (nSPS) is 12.8. The summed E-state index contributed by atoms with van der Waals surface area (Å²) in [5.41, 5.74) is 10.5. The molecule has 0 amide bonds. The first-order valence-electron chi connectivity index (χ1n) is 14.9. The summed E-state index contributed by atoms with van der Waals surface area (Å²) >= 11 is 0. The third kappa shape index (κ3) is 4.03. The molecule has 7 aromatic rings. The molecule has 5 heterocycles. The molecule has 45 heavy (non-hydrogen) atoms. The molecular formula is C37H24BN7. The molecule has 2 aliphatic heterocycles. The van der Waals surface area contributed by atoms with Crippen LogP contribution in [0.15, 0.2) is 146 Å². The van der Waals surface area contributed by atoms with Gasteiger partial charge in [-0.2, -0.15) is 0 Å². The minimum absolute atomic E-state index is 0.278. The minimum Gasteiger partial charge on any atom is -0.358 e. The molecule has 2 aliphatic rings. The van der Waals surface area contributed by atoms with Gasteiger partial charge in [-0.05, 0) is 29.7 Å². The molecule has 0 radical (unpaired) electrons. The second kappa shape index (κ2) is 10.2. The monoisotopic (exact) mass is 577 g/mol. The second-order valence-electron chi connectivity index (χ2n) is 11.0. The number of benzene rings is 4. The highest BCUT2D eigenvalue weighted by Gasteiger charge is 2.48. The lowest BCUT2D eigenvalue weighted by Gasteiger charge is -2.46. The first-order chi connectivity index (χ1) is 22.3. The smallest absolute Gasteiger partial charge is 0.358 e. The van der Waals surface area contributed by atoms with E-state index in [0.29, 0.717) is 11.6 Å². The molecule has 9 rings (SSSR count). The van der Waals surface area contributed by atoms with Gasteiger partial charge in [-0.25, -0.2) is 19.9 Å². The van der Waals surface area contributed by atoms with Gasteiger partial charge >= 0.3 is 6.98 Å². The number of aromatic nitrogens is 5. The number of fused-ring (bicyclic) bond motifs is 4. The van der Waals surface area contributed by atoms with Crippen LogP contribution in [0.25, 0.3) is 45.3 Å². The van der Waals surface area contributed by atoms with Crippen LogP contribution in [0.2, 0.25) is 0 Å². The fourth-order valence-corrected chi connectivity index (χ4v) is 6.45. The highest BCUT2D eigenvalue weighted by atomic mass is 15.3. The van der Waals surface area contributed by atoms with Gasteiger partial charge in [-0.1, -0.05) is 97.1 Å². The standard InChI is InChI=1S/C37H24BN7/c1-5-13-25(14-6-1)36-40-23-31-34(42-36)29-21-39-22-30-33(29)38(44(31)27-17-9-3-10-18-27)45(28-19-11-4-12-20-28)32-24-41-37(43-35(30)32)26-15-7-2-8-16-26/h1-24H. The third-order valence-corrected chi connectivity index (χ3v) is 8.44. The van der Waals surface area contributed by atoms with Crippen molar-refractivity contribution in [3.63, 3.8) is 0 Å². The Morgan fingerprint density at radius 2 is 0.844 bits per heavy atom. The summed E-state index contributed by atoms with van der Waals surface area (Å²) in [4.78, 5) is 29.6. The maximum absolute atomic E-state index is 5.21. The minimum atomic E-state index is -0.278. The number of nitrogens with zero attached hydrogens (tertiary/aromatic N) is 7. The average molecular weight is 577 g/mol. The second-order valence-corrected chi connectivity index (χ2v) is 11.0. The molecule has 0 bridgehead atoms. The van der Waals surface area contributed by atoms with Gasteiger partial charge in [0.15, 0.2) is 11.6 Å². The predicted molar refractivity (Wildman–Crippen MR) is 180 cm³/mol. The van der Waals surface area contributed by atoms with E-state index in [-0.39, 0.29) is 6.98 Å². The summed E-state index contributed by atoms with van der Waals surface area (Å²) in [7, 11) is 0. The van der Waals surface area contributed by atoms with E-state index in [1.165, 1.54) is 0 Å². The Kier molecular flexibility index (Phi) is 5.77. The van der Waals surface area contributed by atoms with Crippen LogP contribution in [0.1, 0.15) is 0 Å². The van der Waals surface area contributed by atoms with Crippen LogP contribution in [0, 0.1) is 0 Å². The Morgan fingerprint density at radius 3 is 1.27 bits per heavy atom.